The van der Waals surface area contributed by atoms with Gasteiger partial charge in [0.15, 0.2) is 5.76 Å². The summed E-state index contributed by atoms with van der Waals surface area (Å²) in [6, 6.07) is 16.7. The maximum Gasteiger partial charge on any atom is 0.330 e. The minimum Gasteiger partial charge on any atom is -0.479 e. The van der Waals surface area contributed by atoms with Crippen LogP contribution in [0.4, 0.5) is 0 Å². The molecule has 1 aromatic heterocycles. The molecule has 1 aliphatic rings. The highest BCUT2D eigenvalue weighted by Crippen LogP contribution is 2.33. The zero-order valence-corrected chi connectivity index (χ0v) is 16.7. The molecular weight excluding hydrogens is 422 g/mol. The van der Waals surface area contributed by atoms with Gasteiger partial charge in [0.05, 0.1) is 0 Å². The topological polar surface area (TPSA) is 79.5 Å². The Hall–Kier alpha value is -2.86. The molecule has 0 saturated heterocycles. The molecule has 6 heteroatoms. The van der Waals surface area contributed by atoms with Crippen molar-refractivity contribution in [1.82, 2.24) is 5.32 Å². The van der Waals surface area contributed by atoms with Crippen LogP contribution in [0.15, 0.2) is 63.5 Å². The first-order chi connectivity index (χ1) is 13.4. The SMILES string of the molecule is Cc1ccc(-c2ccc(C(=O)NC3(C(=O)O)Cc4ccc(Br)cc4C3)o2)cc1. The Morgan fingerprint density at radius 2 is 1.75 bits per heavy atom. The second kappa shape index (κ2) is 6.95. The maximum absolute atomic E-state index is 12.7. The van der Waals surface area contributed by atoms with Crippen molar-refractivity contribution in [1.29, 1.82) is 0 Å². The lowest BCUT2D eigenvalue weighted by Gasteiger charge is -2.24. The standard InChI is InChI=1S/C22H18BrNO4/c1-13-2-4-14(5-3-13)18-8-9-19(28-18)20(25)24-22(21(26)27)11-15-6-7-17(23)10-16(15)12-22/h2-10H,11-12H2,1H3,(H,24,25)(H,26,27). The number of aliphatic carboxylic acids is 1. The molecule has 4 rings (SSSR count). The first-order valence-corrected chi connectivity index (χ1v) is 9.66. The third-order valence-electron chi connectivity index (χ3n) is 5.08. The van der Waals surface area contributed by atoms with E-state index in [9.17, 15) is 14.7 Å². The van der Waals surface area contributed by atoms with E-state index in [1.54, 1.807) is 12.1 Å². The first-order valence-electron chi connectivity index (χ1n) is 8.86. The van der Waals surface area contributed by atoms with Crippen LogP contribution in [-0.2, 0) is 17.6 Å². The van der Waals surface area contributed by atoms with Gasteiger partial charge < -0.3 is 14.8 Å². The summed E-state index contributed by atoms with van der Waals surface area (Å²) in [5.74, 6) is -0.937. The number of carbonyl (C=O) groups excluding carboxylic acids is 1. The molecule has 5 nitrogen and oxygen atoms in total. The van der Waals surface area contributed by atoms with Crippen molar-refractivity contribution in [3.8, 4) is 11.3 Å². The minimum absolute atomic E-state index is 0.0911. The highest BCUT2D eigenvalue weighted by atomic mass is 79.9. The second-order valence-electron chi connectivity index (χ2n) is 7.14. The quantitative estimate of drug-likeness (QED) is 0.632. The molecule has 1 heterocycles. The summed E-state index contributed by atoms with van der Waals surface area (Å²) in [4.78, 5) is 24.8. The van der Waals surface area contributed by atoms with Gasteiger partial charge in [0.25, 0.3) is 5.91 Å². The summed E-state index contributed by atoms with van der Waals surface area (Å²) < 4.78 is 6.57. The van der Waals surface area contributed by atoms with E-state index in [0.717, 1.165) is 26.7 Å². The third kappa shape index (κ3) is 3.36. The van der Waals surface area contributed by atoms with Crippen LogP contribution in [0, 0.1) is 6.92 Å². The Bertz CT molecular complexity index is 1070. The fourth-order valence-corrected chi connectivity index (χ4v) is 3.96. The van der Waals surface area contributed by atoms with Crippen LogP contribution in [-0.4, -0.2) is 22.5 Å². The van der Waals surface area contributed by atoms with Crippen LogP contribution in [0.1, 0.15) is 27.2 Å². The monoisotopic (exact) mass is 439 g/mol. The number of furan rings is 1. The van der Waals surface area contributed by atoms with E-state index < -0.39 is 17.4 Å². The normalized spacial score (nSPS) is 17.9. The lowest BCUT2D eigenvalue weighted by Crippen LogP contribution is -2.55. The fourth-order valence-electron chi connectivity index (χ4n) is 3.55. The van der Waals surface area contributed by atoms with Crippen molar-refractivity contribution in [2.24, 2.45) is 0 Å². The molecule has 0 saturated carbocycles. The van der Waals surface area contributed by atoms with Crippen molar-refractivity contribution in [3.05, 3.63) is 81.5 Å². The van der Waals surface area contributed by atoms with Crippen LogP contribution in [0.25, 0.3) is 11.3 Å². The van der Waals surface area contributed by atoms with Crippen molar-refractivity contribution < 1.29 is 19.1 Å². The van der Waals surface area contributed by atoms with Gasteiger partial charge in [-0.2, -0.15) is 0 Å². The molecule has 0 spiro atoms. The average molecular weight is 440 g/mol. The summed E-state index contributed by atoms with van der Waals surface area (Å²) in [6.07, 6.45) is 0.469. The molecule has 1 atom stereocenters. The number of carboxylic acids is 1. The molecule has 0 radical (unpaired) electrons. The highest BCUT2D eigenvalue weighted by molar-refractivity contribution is 9.10. The van der Waals surface area contributed by atoms with Gasteiger partial charge in [-0.1, -0.05) is 51.8 Å². The molecule has 1 unspecified atom stereocenters. The van der Waals surface area contributed by atoms with Gasteiger partial charge in [0.2, 0.25) is 0 Å². The zero-order valence-electron chi connectivity index (χ0n) is 15.2. The predicted octanol–water partition coefficient (Wildman–Crippen LogP) is 4.37. The Kier molecular flexibility index (Phi) is 4.59. The van der Waals surface area contributed by atoms with Crippen molar-refractivity contribution in [3.63, 3.8) is 0 Å². The fraction of sp³-hybridized carbons (Fsp3) is 0.182. The molecule has 142 valence electrons. The van der Waals surface area contributed by atoms with Gasteiger partial charge in [-0.3, -0.25) is 4.79 Å². The summed E-state index contributed by atoms with van der Waals surface area (Å²) in [5, 5.41) is 12.6. The number of amides is 1. The number of carboxylic acid groups (broad SMARTS) is 1. The summed E-state index contributed by atoms with van der Waals surface area (Å²) >= 11 is 3.41. The molecule has 0 aliphatic heterocycles. The number of hydrogen-bond donors (Lipinski definition) is 2. The number of aryl methyl sites for hydroxylation is 1. The van der Waals surface area contributed by atoms with Crippen LogP contribution >= 0.6 is 15.9 Å². The van der Waals surface area contributed by atoms with Crippen molar-refractivity contribution >= 4 is 27.8 Å². The first kappa shape index (κ1) is 18.5. The number of hydrogen-bond acceptors (Lipinski definition) is 3. The van der Waals surface area contributed by atoms with Crippen LogP contribution < -0.4 is 5.32 Å². The van der Waals surface area contributed by atoms with E-state index in [4.69, 9.17) is 4.42 Å². The number of halogens is 1. The van der Waals surface area contributed by atoms with Gasteiger partial charge in [0.1, 0.15) is 11.3 Å². The molecule has 3 aromatic rings. The Balaban J connectivity index is 1.57. The van der Waals surface area contributed by atoms with Gasteiger partial charge in [0, 0.05) is 22.9 Å². The van der Waals surface area contributed by atoms with E-state index in [1.165, 1.54) is 0 Å². The Morgan fingerprint density at radius 3 is 2.46 bits per heavy atom. The largest absolute Gasteiger partial charge is 0.479 e. The molecular formula is C22H18BrNO4. The molecule has 2 N–H and O–H groups in total. The van der Waals surface area contributed by atoms with Gasteiger partial charge in [-0.15, -0.1) is 0 Å². The predicted molar refractivity (Wildman–Crippen MR) is 108 cm³/mol. The van der Waals surface area contributed by atoms with Gasteiger partial charge >= 0.3 is 5.97 Å². The van der Waals surface area contributed by atoms with Crippen molar-refractivity contribution in [2.45, 2.75) is 25.3 Å². The number of fused-ring (bicyclic) bond motifs is 1. The molecule has 1 aliphatic carbocycles. The van der Waals surface area contributed by atoms with Crippen molar-refractivity contribution in [2.75, 3.05) is 0 Å². The third-order valence-corrected chi connectivity index (χ3v) is 5.57. The summed E-state index contributed by atoms with van der Waals surface area (Å²) in [5.41, 5.74) is 2.44. The smallest absolute Gasteiger partial charge is 0.330 e. The summed E-state index contributed by atoms with van der Waals surface area (Å²) in [7, 11) is 0. The van der Waals surface area contributed by atoms with Crippen LogP contribution in [0.2, 0.25) is 0 Å². The van der Waals surface area contributed by atoms with E-state index in [1.807, 2.05) is 49.4 Å². The minimum atomic E-state index is -1.38. The average Bonchev–Trinajstić information content (AvgIpc) is 3.27. The van der Waals surface area contributed by atoms with E-state index in [2.05, 4.69) is 21.2 Å². The van der Waals surface area contributed by atoms with E-state index in [0.29, 0.717) is 5.76 Å². The van der Waals surface area contributed by atoms with E-state index >= 15 is 0 Å². The number of rotatable bonds is 4. The molecule has 28 heavy (non-hydrogen) atoms. The van der Waals surface area contributed by atoms with Crippen LogP contribution in [0.3, 0.4) is 0 Å². The van der Waals surface area contributed by atoms with Crippen LogP contribution in [0.5, 0.6) is 0 Å². The number of nitrogens with one attached hydrogen (secondary N) is 1. The number of benzene rings is 2. The highest BCUT2D eigenvalue weighted by Gasteiger charge is 2.46. The van der Waals surface area contributed by atoms with Gasteiger partial charge in [-0.05, 0) is 42.3 Å². The van der Waals surface area contributed by atoms with Gasteiger partial charge in [-0.25, -0.2) is 4.79 Å². The Morgan fingerprint density at radius 1 is 1.04 bits per heavy atom. The number of carbonyl (C=O) groups is 2. The molecule has 2 aromatic carbocycles. The molecule has 0 fully saturated rings. The molecule has 1 amide bonds. The maximum atomic E-state index is 12.7. The zero-order chi connectivity index (χ0) is 19.9. The molecule has 0 bridgehead atoms. The van der Waals surface area contributed by atoms with E-state index in [-0.39, 0.29) is 18.6 Å². The summed E-state index contributed by atoms with van der Waals surface area (Å²) in [6.45, 7) is 1.99. The lowest BCUT2D eigenvalue weighted by molar-refractivity contribution is -0.144. The Labute approximate surface area is 170 Å². The lowest BCUT2D eigenvalue weighted by atomic mass is 9.95. The second-order valence-corrected chi connectivity index (χ2v) is 8.05.